The Labute approximate surface area is 156 Å². The van der Waals surface area contributed by atoms with Gasteiger partial charge in [-0.2, -0.15) is 5.26 Å². The number of nitriles is 1. The van der Waals surface area contributed by atoms with Crippen LogP contribution in [-0.2, 0) is 9.31 Å². The summed E-state index contributed by atoms with van der Waals surface area (Å²) in [6, 6.07) is 17.8. The smallest absolute Gasteiger partial charge is 0.399 e. The number of hydrogen-bond acceptors (Lipinski definition) is 4. The maximum atomic E-state index is 9.55. The minimum atomic E-state index is -0.412. The maximum absolute atomic E-state index is 9.55. The maximum Gasteiger partial charge on any atom is 0.494 e. The molecule has 26 heavy (non-hydrogen) atoms. The Hall–Kier alpha value is -2.29. The topological polar surface area (TPSA) is 54.3 Å². The highest BCUT2D eigenvalue weighted by atomic mass is 16.7. The summed E-state index contributed by atoms with van der Waals surface area (Å²) in [7, 11) is -0.389. The van der Waals surface area contributed by atoms with Gasteiger partial charge < -0.3 is 14.6 Å². The van der Waals surface area contributed by atoms with Crippen LogP contribution in [0.2, 0.25) is 0 Å². The highest BCUT2D eigenvalue weighted by molar-refractivity contribution is 6.62. The van der Waals surface area contributed by atoms with E-state index in [9.17, 15) is 5.26 Å². The van der Waals surface area contributed by atoms with E-state index in [-0.39, 0.29) is 18.3 Å². The molecular formula is C21H25BN2O2. The number of nitrogens with one attached hydrogen (secondary N) is 1. The van der Waals surface area contributed by atoms with Crippen LogP contribution < -0.4 is 10.8 Å². The van der Waals surface area contributed by atoms with Crippen LogP contribution in [0.1, 0.15) is 44.9 Å². The summed E-state index contributed by atoms with van der Waals surface area (Å²) in [5, 5.41) is 12.8. The Kier molecular flexibility index (Phi) is 4.83. The Morgan fingerprint density at radius 2 is 1.46 bits per heavy atom. The largest absolute Gasteiger partial charge is 0.494 e. The molecule has 0 bridgehead atoms. The van der Waals surface area contributed by atoms with Gasteiger partial charge in [-0.05, 0) is 57.8 Å². The van der Waals surface area contributed by atoms with Gasteiger partial charge >= 0.3 is 7.12 Å². The van der Waals surface area contributed by atoms with Gasteiger partial charge in [0.05, 0.1) is 17.3 Å². The van der Waals surface area contributed by atoms with E-state index < -0.39 is 6.04 Å². The fourth-order valence-electron chi connectivity index (χ4n) is 2.83. The summed E-state index contributed by atoms with van der Waals surface area (Å²) >= 11 is 0. The van der Waals surface area contributed by atoms with Crippen LogP contribution in [0.3, 0.4) is 0 Å². The first kappa shape index (κ1) is 18.5. The molecule has 5 heteroatoms. The van der Waals surface area contributed by atoms with Crippen molar-refractivity contribution >= 4 is 18.3 Å². The van der Waals surface area contributed by atoms with E-state index in [1.807, 2.05) is 83.1 Å². The number of hydrogen-bond donors (Lipinski definition) is 1. The van der Waals surface area contributed by atoms with E-state index in [0.717, 1.165) is 16.7 Å². The summed E-state index contributed by atoms with van der Waals surface area (Å²) in [5.41, 5.74) is 3.26. The molecule has 1 N–H and O–H groups in total. The van der Waals surface area contributed by atoms with Crippen molar-refractivity contribution in [2.75, 3.05) is 5.32 Å². The second kappa shape index (κ2) is 6.79. The van der Waals surface area contributed by atoms with Gasteiger partial charge in [0.15, 0.2) is 0 Å². The molecular weight excluding hydrogens is 323 g/mol. The van der Waals surface area contributed by atoms with Crippen molar-refractivity contribution in [2.24, 2.45) is 0 Å². The van der Waals surface area contributed by atoms with Gasteiger partial charge in [-0.1, -0.05) is 42.0 Å². The van der Waals surface area contributed by atoms with Crippen molar-refractivity contribution in [1.82, 2.24) is 0 Å². The molecule has 2 aromatic carbocycles. The van der Waals surface area contributed by atoms with Gasteiger partial charge in [0.1, 0.15) is 6.04 Å². The molecule has 0 spiro atoms. The molecule has 1 aliphatic rings. The summed E-state index contributed by atoms with van der Waals surface area (Å²) < 4.78 is 12.2. The molecule has 1 saturated heterocycles. The van der Waals surface area contributed by atoms with Crippen molar-refractivity contribution in [3.05, 3.63) is 59.7 Å². The molecule has 0 amide bonds. The van der Waals surface area contributed by atoms with Crippen LogP contribution in [0.4, 0.5) is 5.69 Å². The Bertz CT molecular complexity index is 791. The molecule has 0 saturated carbocycles. The Balaban J connectivity index is 1.74. The van der Waals surface area contributed by atoms with Crippen LogP contribution in [-0.4, -0.2) is 18.3 Å². The highest BCUT2D eigenvalue weighted by Crippen LogP contribution is 2.36. The number of rotatable bonds is 4. The fourth-order valence-corrected chi connectivity index (χ4v) is 2.83. The van der Waals surface area contributed by atoms with E-state index >= 15 is 0 Å². The number of nitrogens with zero attached hydrogens (tertiary/aromatic N) is 1. The van der Waals surface area contributed by atoms with Crippen LogP contribution in [0.15, 0.2) is 48.5 Å². The minimum Gasteiger partial charge on any atom is -0.399 e. The average molecular weight is 348 g/mol. The van der Waals surface area contributed by atoms with Gasteiger partial charge in [-0.15, -0.1) is 0 Å². The van der Waals surface area contributed by atoms with Crippen LogP contribution in [0, 0.1) is 18.3 Å². The SMILES string of the molecule is Cc1ccc(NC(C#N)c2ccc(B3OC(C)(C)C(C)(C)O3)cc2)cc1. The van der Waals surface area contributed by atoms with Gasteiger partial charge in [0.2, 0.25) is 0 Å². The monoisotopic (exact) mass is 348 g/mol. The van der Waals surface area contributed by atoms with Gasteiger partial charge in [-0.25, -0.2) is 0 Å². The van der Waals surface area contributed by atoms with Crippen molar-refractivity contribution in [3.8, 4) is 6.07 Å². The third kappa shape index (κ3) is 3.62. The predicted molar refractivity (Wildman–Crippen MR) is 105 cm³/mol. The number of benzene rings is 2. The number of anilines is 1. The van der Waals surface area contributed by atoms with Crippen LogP contribution in [0.5, 0.6) is 0 Å². The Morgan fingerprint density at radius 1 is 0.923 bits per heavy atom. The summed E-state index contributed by atoms with van der Waals surface area (Å²) in [6.45, 7) is 10.2. The normalized spacial score (nSPS) is 19.0. The van der Waals surface area contributed by atoms with E-state index in [2.05, 4.69) is 11.4 Å². The first-order chi connectivity index (χ1) is 12.2. The van der Waals surface area contributed by atoms with Gasteiger partial charge in [0.25, 0.3) is 0 Å². The molecule has 0 aromatic heterocycles. The molecule has 0 radical (unpaired) electrons. The van der Waals surface area contributed by atoms with Crippen molar-refractivity contribution in [1.29, 1.82) is 5.26 Å². The lowest BCUT2D eigenvalue weighted by molar-refractivity contribution is 0.00578. The lowest BCUT2D eigenvalue weighted by Gasteiger charge is -2.32. The standard InChI is InChI=1S/C21H25BN2O2/c1-15-6-12-18(13-7-15)24-19(14-23)16-8-10-17(11-9-16)22-25-20(2,3)21(4,5)26-22/h6-13,19,24H,1-5H3. The zero-order valence-corrected chi connectivity index (χ0v) is 16.0. The molecule has 1 heterocycles. The third-order valence-corrected chi connectivity index (χ3v) is 5.29. The van der Waals surface area contributed by atoms with Crippen molar-refractivity contribution < 1.29 is 9.31 Å². The first-order valence-electron chi connectivity index (χ1n) is 8.90. The minimum absolute atomic E-state index is 0.363. The predicted octanol–water partition coefficient (Wildman–Crippen LogP) is 3.97. The molecule has 1 fully saturated rings. The highest BCUT2D eigenvalue weighted by Gasteiger charge is 2.51. The van der Waals surface area contributed by atoms with E-state index in [4.69, 9.17) is 9.31 Å². The summed E-state index contributed by atoms with van der Waals surface area (Å²) in [5.74, 6) is 0. The van der Waals surface area contributed by atoms with E-state index in [1.165, 1.54) is 5.56 Å². The lowest BCUT2D eigenvalue weighted by Crippen LogP contribution is -2.41. The molecule has 1 aliphatic heterocycles. The van der Waals surface area contributed by atoms with Crippen LogP contribution >= 0.6 is 0 Å². The second-order valence-corrected chi connectivity index (χ2v) is 7.83. The molecule has 3 rings (SSSR count). The summed E-state index contributed by atoms with van der Waals surface area (Å²) in [4.78, 5) is 0. The van der Waals surface area contributed by atoms with Gasteiger partial charge in [0, 0.05) is 5.69 Å². The zero-order valence-electron chi connectivity index (χ0n) is 16.0. The molecule has 4 nitrogen and oxygen atoms in total. The van der Waals surface area contributed by atoms with Crippen LogP contribution in [0.25, 0.3) is 0 Å². The summed E-state index contributed by atoms with van der Waals surface area (Å²) in [6.07, 6.45) is 0. The third-order valence-electron chi connectivity index (χ3n) is 5.29. The van der Waals surface area contributed by atoms with Gasteiger partial charge in [-0.3, -0.25) is 0 Å². The Morgan fingerprint density at radius 3 is 1.96 bits per heavy atom. The fraction of sp³-hybridized carbons (Fsp3) is 0.381. The van der Waals surface area contributed by atoms with E-state index in [1.54, 1.807) is 0 Å². The number of aryl methyl sites for hydroxylation is 1. The molecule has 134 valence electrons. The molecule has 0 aliphatic carbocycles. The second-order valence-electron chi connectivity index (χ2n) is 7.83. The van der Waals surface area contributed by atoms with Crippen molar-refractivity contribution in [2.45, 2.75) is 51.9 Å². The quantitative estimate of drug-likeness (QED) is 0.850. The molecule has 1 atom stereocenters. The van der Waals surface area contributed by atoms with Crippen molar-refractivity contribution in [3.63, 3.8) is 0 Å². The first-order valence-corrected chi connectivity index (χ1v) is 8.90. The molecule has 2 aromatic rings. The van der Waals surface area contributed by atoms with E-state index in [0.29, 0.717) is 0 Å². The average Bonchev–Trinajstić information content (AvgIpc) is 2.82. The lowest BCUT2D eigenvalue weighted by atomic mass is 9.78. The molecule has 1 unspecified atom stereocenters. The zero-order chi connectivity index (χ0) is 18.9.